The second-order valence-electron chi connectivity index (χ2n) is 5.01. The molecule has 1 aliphatic rings. The zero-order chi connectivity index (χ0) is 13.7. The number of aliphatic hydroxyl groups is 1. The molecule has 1 fully saturated rings. The minimum absolute atomic E-state index is 0.108. The number of nitrogens with zero attached hydrogens (tertiary/aromatic N) is 2. The van der Waals surface area contributed by atoms with Gasteiger partial charge in [-0.05, 0) is 44.2 Å². The van der Waals surface area contributed by atoms with Gasteiger partial charge in [0.2, 0.25) is 0 Å². The molecular formula is C15H22N2O2. The molecule has 2 rings (SSSR count). The Morgan fingerprint density at radius 2 is 1.89 bits per heavy atom. The standard InChI is InChI=1S/C15H22N2O2/c1-13(19)14-3-5-15(6-4-14)17-8-2-7-16(9-10-17)11-12-18/h3-6,18H,2,7-12H2,1H3. The molecule has 1 aromatic rings. The number of carbonyl (C=O) groups is 1. The Kier molecular flexibility index (Phi) is 4.93. The molecular weight excluding hydrogens is 240 g/mol. The van der Waals surface area contributed by atoms with Crippen LogP contribution in [-0.4, -0.2) is 55.1 Å². The van der Waals surface area contributed by atoms with E-state index in [4.69, 9.17) is 5.11 Å². The van der Waals surface area contributed by atoms with Gasteiger partial charge in [-0.25, -0.2) is 0 Å². The van der Waals surface area contributed by atoms with Crippen LogP contribution in [0.1, 0.15) is 23.7 Å². The minimum atomic E-state index is 0.108. The number of benzene rings is 1. The van der Waals surface area contributed by atoms with Crippen LogP contribution in [0.2, 0.25) is 0 Å². The Bertz CT molecular complexity index is 417. The van der Waals surface area contributed by atoms with Crippen LogP contribution < -0.4 is 4.90 Å². The SMILES string of the molecule is CC(=O)c1ccc(N2CCCN(CCO)CC2)cc1. The van der Waals surface area contributed by atoms with Crippen molar-refractivity contribution in [2.45, 2.75) is 13.3 Å². The van der Waals surface area contributed by atoms with Crippen LogP contribution in [0.5, 0.6) is 0 Å². The fourth-order valence-corrected chi connectivity index (χ4v) is 2.50. The lowest BCUT2D eigenvalue weighted by Gasteiger charge is -2.23. The zero-order valence-electron chi connectivity index (χ0n) is 11.5. The summed E-state index contributed by atoms with van der Waals surface area (Å²) in [6.45, 7) is 6.61. The molecule has 1 heterocycles. The molecule has 19 heavy (non-hydrogen) atoms. The molecule has 104 valence electrons. The van der Waals surface area contributed by atoms with Crippen molar-refractivity contribution in [2.75, 3.05) is 44.2 Å². The second kappa shape index (κ2) is 6.68. The third-order valence-electron chi connectivity index (χ3n) is 3.64. The van der Waals surface area contributed by atoms with Gasteiger partial charge >= 0.3 is 0 Å². The lowest BCUT2D eigenvalue weighted by atomic mass is 10.1. The highest BCUT2D eigenvalue weighted by Gasteiger charge is 2.14. The number of aliphatic hydroxyl groups excluding tert-OH is 1. The minimum Gasteiger partial charge on any atom is -0.395 e. The van der Waals surface area contributed by atoms with Gasteiger partial charge in [-0.3, -0.25) is 9.69 Å². The van der Waals surface area contributed by atoms with E-state index in [2.05, 4.69) is 9.80 Å². The highest BCUT2D eigenvalue weighted by atomic mass is 16.3. The molecule has 0 aromatic heterocycles. The first kappa shape index (κ1) is 14.0. The van der Waals surface area contributed by atoms with Gasteiger partial charge in [-0.2, -0.15) is 0 Å². The van der Waals surface area contributed by atoms with Crippen LogP contribution in [0, 0.1) is 0 Å². The summed E-state index contributed by atoms with van der Waals surface area (Å²) in [6, 6.07) is 7.85. The predicted octanol–water partition coefficient (Wildman–Crippen LogP) is 1.39. The van der Waals surface area contributed by atoms with Crippen molar-refractivity contribution in [1.82, 2.24) is 4.90 Å². The summed E-state index contributed by atoms with van der Waals surface area (Å²) in [6.07, 6.45) is 1.11. The molecule has 1 aromatic carbocycles. The lowest BCUT2D eigenvalue weighted by molar-refractivity contribution is 0.101. The first-order valence-corrected chi connectivity index (χ1v) is 6.90. The number of rotatable bonds is 4. The monoisotopic (exact) mass is 262 g/mol. The first-order chi connectivity index (χ1) is 9.20. The third-order valence-corrected chi connectivity index (χ3v) is 3.64. The summed E-state index contributed by atoms with van der Waals surface area (Å²) in [5.74, 6) is 0.108. The second-order valence-corrected chi connectivity index (χ2v) is 5.01. The van der Waals surface area contributed by atoms with Gasteiger partial charge in [0.15, 0.2) is 5.78 Å². The third kappa shape index (κ3) is 3.78. The maximum absolute atomic E-state index is 11.3. The van der Waals surface area contributed by atoms with Gasteiger partial charge in [-0.1, -0.05) is 0 Å². The van der Waals surface area contributed by atoms with E-state index >= 15 is 0 Å². The van der Waals surface area contributed by atoms with Crippen LogP contribution >= 0.6 is 0 Å². The largest absolute Gasteiger partial charge is 0.395 e. The van der Waals surface area contributed by atoms with Gasteiger partial charge < -0.3 is 10.0 Å². The zero-order valence-corrected chi connectivity index (χ0v) is 11.5. The highest BCUT2D eigenvalue weighted by molar-refractivity contribution is 5.94. The normalized spacial score (nSPS) is 17.3. The molecule has 1 saturated heterocycles. The van der Waals surface area contributed by atoms with E-state index in [0.29, 0.717) is 0 Å². The van der Waals surface area contributed by atoms with Gasteiger partial charge in [0, 0.05) is 37.4 Å². The summed E-state index contributed by atoms with van der Waals surface area (Å²) in [5.41, 5.74) is 1.94. The molecule has 1 aliphatic heterocycles. The van der Waals surface area contributed by atoms with Crippen LogP contribution in [0.3, 0.4) is 0 Å². The van der Waals surface area contributed by atoms with Crippen molar-refractivity contribution >= 4 is 11.5 Å². The fraction of sp³-hybridized carbons (Fsp3) is 0.533. The Morgan fingerprint density at radius 1 is 1.16 bits per heavy atom. The van der Waals surface area contributed by atoms with Gasteiger partial charge in [0.1, 0.15) is 0 Å². The molecule has 0 unspecified atom stereocenters. The molecule has 0 spiro atoms. The number of ketones is 1. The van der Waals surface area contributed by atoms with E-state index in [1.807, 2.05) is 24.3 Å². The molecule has 0 bridgehead atoms. The van der Waals surface area contributed by atoms with Gasteiger partial charge in [0.05, 0.1) is 6.61 Å². The average Bonchev–Trinajstić information content (AvgIpc) is 2.65. The van der Waals surface area contributed by atoms with E-state index in [9.17, 15) is 4.79 Å². The van der Waals surface area contributed by atoms with Gasteiger partial charge in [0.25, 0.3) is 0 Å². The Hall–Kier alpha value is -1.39. The summed E-state index contributed by atoms with van der Waals surface area (Å²) in [4.78, 5) is 15.9. The van der Waals surface area contributed by atoms with Crippen LogP contribution in [0.15, 0.2) is 24.3 Å². The smallest absolute Gasteiger partial charge is 0.159 e. The Morgan fingerprint density at radius 3 is 2.53 bits per heavy atom. The van der Waals surface area contributed by atoms with Gasteiger partial charge in [-0.15, -0.1) is 0 Å². The highest BCUT2D eigenvalue weighted by Crippen LogP contribution is 2.17. The summed E-state index contributed by atoms with van der Waals surface area (Å²) in [5, 5.41) is 8.99. The van der Waals surface area contributed by atoms with Crippen LogP contribution in [0.4, 0.5) is 5.69 Å². The maximum Gasteiger partial charge on any atom is 0.159 e. The Labute approximate surface area is 114 Å². The molecule has 0 aliphatic carbocycles. The number of hydrogen-bond acceptors (Lipinski definition) is 4. The van der Waals surface area contributed by atoms with Crippen molar-refractivity contribution < 1.29 is 9.90 Å². The van der Waals surface area contributed by atoms with Crippen LogP contribution in [0.25, 0.3) is 0 Å². The molecule has 4 heteroatoms. The molecule has 0 atom stereocenters. The van der Waals surface area contributed by atoms with E-state index in [0.717, 1.165) is 44.7 Å². The van der Waals surface area contributed by atoms with Crippen molar-refractivity contribution in [3.05, 3.63) is 29.8 Å². The molecule has 4 nitrogen and oxygen atoms in total. The molecule has 0 saturated carbocycles. The molecule has 1 N–H and O–H groups in total. The van der Waals surface area contributed by atoms with Crippen LogP contribution in [-0.2, 0) is 0 Å². The summed E-state index contributed by atoms with van der Waals surface area (Å²) >= 11 is 0. The fourth-order valence-electron chi connectivity index (χ4n) is 2.50. The van der Waals surface area contributed by atoms with E-state index in [1.54, 1.807) is 6.92 Å². The number of hydrogen-bond donors (Lipinski definition) is 1. The van der Waals surface area contributed by atoms with Crippen molar-refractivity contribution in [3.8, 4) is 0 Å². The summed E-state index contributed by atoms with van der Waals surface area (Å²) < 4.78 is 0. The number of carbonyl (C=O) groups excluding carboxylic acids is 1. The maximum atomic E-state index is 11.3. The molecule has 0 amide bonds. The van der Waals surface area contributed by atoms with E-state index in [-0.39, 0.29) is 12.4 Å². The predicted molar refractivity (Wildman–Crippen MR) is 76.8 cm³/mol. The Balaban J connectivity index is 1.99. The quantitative estimate of drug-likeness (QED) is 0.833. The lowest BCUT2D eigenvalue weighted by Crippen LogP contribution is -2.32. The topological polar surface area (TPSA) is 43.8 Å². The first-order valence-electron chi connectivity index (χ1n) is 6.90. The average molecular weight is 262 g/mol. The number of Topliss-reactive ketones (excluding diaryl/α,β-unsaturated/α-hetero) is 1. The van der Waals surface area contributed by atoms with Crippen molar-refractivity contribution in [2.24, 2.45) is 0 Å². The molecule has 0 radical (unpaired) electrons. The number of β-amino-alcohol motifs (C(OH)–C–C–N with tert-alkyl or cyclic N) is 1. The van der Waals surface area contributed by atoms with Crippen molar-refractivity contribution in [3.63, 3.8) is 0 Å². The number of anilines is 1. The van der Waals surface area contributed by atoms with E-state index < -0.39 is 0 Å². The van der Waals surface area contributed by atoms with Crippen molar-refractivity contribution in [1.29, 1.82) is 0 Å². The van der Waals surface area contributed by atoms with E-state index in [1.165, 1.54) is 5.69 Å². The summed E-state index contributed by atoms with van der Waals surface area (Å²) in [7, 11) is 0.